The summed E-state index contributed by atoms with van der Waals surface area (Å²) in [6.07, 6.45) is 0. The number of amides is 1. The number of hydrogen-bond donors (Lipinski definition) is 2. The fraction of sp³-hybridized carbons (Fsp3) is 0.333. The fourth-order valence-electron chi connectivity index (χ4n) is 4.41. The van der Waals surface area contributed by atoms with Crippen molar-refractivity contribution in [3.63, 3.8) is 0 Å². The number of methoxy groups -OCH3 is 2. The van der Waals surface area contributed by atoms with Gasteiger partial charge in [-0.3, -0.25) is 4.79 Å². The summed E-state index contributed by atoms with van der Waals surface area (Å²) in [4.78, 5) is 23.8. The summed E-state index contributed by atoms with van der Waals surface area (Å²) >= 11 is 0. The summed E-state index contributed by atoms with van der Waals surface area (Å²) < 4.78 is 10.7. The summed E-state index contributed by atoms with van der Waals surface area (Å²) in [6, 6.07) is 17.6. The van der Waals surface area contributed by atoms with Gasteiger partial charge in [-0.05, 0) is 55.2 Å². The number of benzene rings is 3. The molecule has 0 aliphatic carbocycles. The number of anilines is 2. The van der Waals surface area contributed by atoms with Gasteiger partial charge in [0.2, 0.25) is 0 Å². The van der Waals surface area contributed by atoms with Crippen molar-refractivity contribution in [3.05, 3.63) is 65.7 Å². The molecule has 4 aromatic rings. The van der Waals surface area contributed by atoms with E-state index in [9.17, 15) is 4.79 Å². The van der Waals surface area contributed by atoms with Gasteiger partial charge in [-0.1, -0.05) is 45.0 Å². The van der Waals surface area contributed by atoms with E-state index in [1.54, 1.807) is 32.4 Å². The van der Waals surface area contributed by atoms with E-state index in [1.165, 1.54) is 5.56 Å². The lowest BCUT2D eigenvalue weighted by atomic mass is 9.87. The molecule has 37 heavy (non-hydrogen) atoms. The van der Waals surface area contributed by atoms with E-state index in [0.717, 1.165) is 41.2 Å². The third-order valence-corrected chi connectivity index (χ3v) is 6.62. The average molecular weight is 501 g/mol. The van der Waals surface area contributed by atoms with Crippen molar-refractivity contribution in [2.45, 2.75) is 40.0 Å². The number of rotatable bonds is 8. The van der Waals surface area contributed by atoms with Crippen LogP contribution in [0.2, 0.25) is 0 Å². The zero-order chi connectivity index (χ0) is 26.7. The van der Waals surface area contributed by atoms with E-state index in [1.807, 2.05) is 12.1 Å². The van der Waals surface area contributed by atoms with Crippen molar-refractivity contribution < 1.29 is 14.3 Å². The number of fused-ring (bicyclic) bond motifs is 1. The summed E-state index contributed by atoms with van der Waals surface area (Å²) in [6.45, 7) is 12.4. The molecule has 0 aliphatic heterocycles. The maximum Gasteiger partial charge on any atom is 0.255 e. The van der Waals surface area contributed by atoms with E-state index in [-0.39, 0.29) is 11.3 Å². The number of carbonyl (C=O) groups excluding carboxylic acids is 1. The van der Waals surface area contributed by atoms with E-state index in [0.29, 0.717) is 22.7 Å². The van der Waals surface area contributed by atoms with Crippen LogP contribution in [0.5, 0.6) is 11.5 Å². The van der Waals surface area contributed by atoms with Crippen LogP contribution in [0.4, 0.5) is 11.4 Å². The number of aromatic amines is 1. The highest BCUT2D eigenvalue weighted by molar-refractivity contribution is 6.07. The maximum atomic E-state index is 13.3. The van der Waals surface area contributed by atoms with Gasteiger partial charge < -0.3 is 24.7 Å². The molecule has 1 heterocycles. The fourth-order valence-corrected chi connectivity index (χ4v) is 4.41. The quantitative estimate of drug-likeness (QED) is 0.283. The maximum absolute atomic E-state index is 13.3. The van der Waals surface area contributed by atoms with E-state index >= 15 is 0 Å². The molecule has 7 heteroatoms. The van der Waals surface area contributed by atoms with Crippen LogP contribution in [0.1, 0.15) is 50.5 Å². The first-order chi connectivity index (χ1) is 17.7. The Bertz CT molecular complexity index is 1400. The number of hydrogen-bond acceptors (Lipinski definition) is 5. The Morgan fingerprint density at radius 1 is 0.946 bits per heavy atom. The monoisotopic (exact) mass is 500 g/mol. The Morgan fingerprint density at radius 2 is 1.62 bits per heavy atom. The van der Waals surface area contributed by atoms with Gasteiger partial charge in [-0.15, -0.1) is 0 Å². The molecule has 0 aliphatic rings. The number of nitrogens with zero attached hydrogens (tertiary/aromatic N) is 2. The number of nitrogens with one attached hydrogen (secondary N) is 2. The normalized spacial score (nSPS) is 11.4. The topological polar surface area (TPSA) is 79.5 Å². The Kier molecular flexibility index (Phi) is 7.43. The van der Waals surface area contributed by atoms with Crippen LogP contribution in [0.25, 0.3) is 22.4 Å². The first kappa shape index (κ1) is 26.1. The van der Waals surface area contributed by atoms with Crippen molar-refractivity contribution in [2.75, 3.05) is 37.5 Å². The van der Waals surface area contributed by atoms with Gasteiger partial charge in [-0.2, -0.15) is 0 Å². The lowest BCUT2D eigenvalue weighted by molar-refractivity contribution is 0.102. The number of imidazole rings is 1. The van der Waals surface area contributed by atoms with Crippen LogP contribution < -0.4 is 19.7 Å². The minimum Gasteiger partial charge on any atom is -0.493 e. The molecule has 0 unspecified atom stereocenters. The molecule has 194 valence electrons. The zero-order valence-corrected chi connectivity index (χ0v) is 22.7. The minimum atomic E-state index is -0.230. The molecule has 0 atom stereocenters. The van der Waals surface area contributed by atoms with E-state index < -0.39 is 0 Å². The molecule has 0 radical (unpaired) electrons. The molecule has 1 amide bonds. The van der Waals surface area contributed by atoms with E-state index in [2.05, 4.69) is 74.1 Å². The van der Waals surface area contributed by atoms with Gasteiger partial charge in [0.05, 0.1) is 36.6 Å². The Morgan fingerprint density at radius 3 is 2.22 bits per heavy atom. The zero-order valence-electron chi connectivity index (χ0n) is 22.7. The van der Waals surface area contributed by atoms with Crippen LogP contribution in [-0.2, 0) is 5.41 Å². The average Bonchev–Trinajstić information content (AvgIpc) is 3.31. The third-order valence-electron chi connectivity index (χ3n) is 6.62. The molecule has 7 nitrogen and oxygen atoms in total. The summed E-state index contributed by atoms with van der Waals surface area (Å²) in [5, 5.41) is 3.11. The van der Waals surface area contributed by atoms with Crippen LogP contribution >= 0.6 is 0 Å². The van der Waals surface area contributed by atoms with Crippen molar-refractivity contribution in [1.29, 1.82) is 0 Å². The molecule has 0 bridgehead atoms. The molecule has 3 aromatic carbocycles. The summed E-state index contributed by atoms with van der Waals surface area (Å²) in [7, 11) is 3.12. The second-order valence-electron chi connectivity index (χ2n) is 10.00. The highest BCUT2D eigenvalue weighted by atomic mass is 16.5. The third kappa shape index (κ3) is 5.40. The SMILES string of the molecule is CCN(CC)c1cc2nc(-c3ccc(C(C)(C)C)cc3)[nH]c2cc1NC(=O)c1ccc(OC)c(OC)c1. The number of H-pyrrole nitrogens is 1. The molecule has 0 fully saturated rings. The summed E-state index contributed by atoms with van der Waals surface area (Å²) in [5.74, 6) is 1.64. The molecule has 0 saturated carbocycles. The largest absolute Gasteiger partial charge is 0.493 e. The highest BCUT2D eigenvalue weighted by Gasteiger charge is 2.18. The first-order valence-corrected chi connectivity index (χ1v) is 12.6. The Balaban J connectivity index is 1.72. The smallest absolute Gasteiger partial charge is 0.255 e. The van der Waals surface area contributed by atoms with Gasteiger partial charge in [0.25, 0.3) is 5.91 Å². The second-order valence-corrected chi connectivity index (χ2v) is 10.00. The van der Waals surface area contributed by atoms with Crippen LogP contribution in [0, 0.1) is 0 Å². The van der Waals surface area contributed by atoms with Gasteiger partial charge in [0, 0.05) is 24.2 Å². The molecular weight excluding hydrogens is 464 g/mol. The summed E-state index contributed by atoms with van der Waals surface area (Å²) in [5.41, 5.74) is 6.20. The molecule has 4 rings (SSSR count). The molecule has 2 N–H and O–H groups in total. The van der Waals surface area contributed by atoms with Crippen molar-refractivity contribution >= 4 is 28.3 Å². The van der Waals surface area contributed by atoms with E-state index in [4.69, 9.17) is 14.5 Å². The second kappa shape index (κ2) is 10.5. The number of ether oxygens (including phenoxy) is 2. The molecular formula is C30H36N4O3. The number of aromatic nitrogens is 2. The minimum absolute atomic E-state index is 0.0894. The van der Waals surface area contributed by atoms with Crippen molar-refractivity contribution in [2.24, 2.45) is 0 Å². The predicted octanol–water partition coefficient (Wildman–Crippen LogP) is 6.64. The molecule has 1 aromatic heterocycles. The van der Waals surface area contributed by atoms with Gasteiger partial charge in [0.1, 0.15) is 5.82 Å². The Hall–Kier alpha value is -4.00. The van der Waals surface area contributed by atoms with Crippen molar-refractivity contribution in [3.8, 4) is 22.9 Å². The molecule has 0 saturated heterocycles. The molecule has 0 spiro atoms. The van der Waals surface area contributed by atoms with Gasteiger partial charge in [0.15, 0.2) is 11.5 Å². The van der Waals surface area contributed by atoms with Crippen LogP contribution in [0.3, 0.4) is 0 Å². The predicted molar refractivity (Wildman–Crippen MR) is 151 cm³/mol. The van der Waals surface area contributed by atoms with Crippen LogP contribution in [-0.4, -0.2) is 43.2 Å². The standard InChI is InChI=1S/C30H36N4O3/c1-8-34(9-2)25-18-23-22(31-28(32-23)19-10-13-21(14-11-19)30(3,4)5)17-24(25)33-29(35)20-12-15-26(36-6)27(16-20)37-7/h10-18H,8-9H2,1-7H3,(H,31,32)(H,33,35). The van der Waals surface area contributed by atoms with Gasteiger partial charge >= 0.3 is 0 Å². The van der Waals surface area contributed by atoms with Crippen molar-refractivity contribution in [1.82, 2.24) is 9.97 Å². The highest BCUT2D eigenvalue weighted by Crippen LogP contribution is 2.34. The van der Waals surface area contributed by atoms with Gasteiger partial charge in [-0.25, -0.2) is 4.98 Å². The number of carbonyl (C=O) groups is 1. The first-order valence-electron chi connectivity index (χ1n) is 12.6. The lowest BCUT2D eigenvalue weighted by Crippen LogP contribution is -2.24. The lowest BCUT2D eigenvalue weighted by Gasteiger charge is -2.24. The van der Waals surface area contributed by atoms with Crippen LogP contribution in [0.15, 0.2) is 54.6 Å². The Labute approximate surface area is 218 Å².